The van der Waals surface area contributed by atoms with Gasteiger partial charge < -0.3 is 0 Å². The summed E-state index contributed by atoms with van der Waals surface area (Å²) in [7, 11) is 0. The van der Waals surface area contributed by atoms with Crippen molar-refractivity contribution in [2.24, 2.45) is 0 Å². The van der Waals surface area contributed by atoms with Gasteiger partial charge in [0, 0.05) is 0 Å². The van der Waals surface area contributed by atoms with Crippen molar-refractivity contribution in [2.75, 3.05) is 0 Å². The van der Waals surface area contributed by atoms with Crippen LogP contribution in [0.2, 0.25) is 0 Å². The van der Waals surface area contributed by atoms with Crippen LogP contribution in [0.3, 0.4) is 0 Å². The average Bonchev–Trinajstić information content (AvgIpc) is 2.40. The van der Waals surface area contributed by atoms with Gasteiger partial charge in [0.05, 0.1) is 0 Å². The van der Waals surface area contributed by atoms with Gasteiger partial charge in [0.25, 0.3) is 0 Å². The van der Waals surface area contributed by atoms with Gasteiger partial charge in [0.15, 0.2) is 0 Å². The number of hydrogen-bond donors (Lipinski definition) is 2. The SMILES string of the molecule is O=[P](O)([Zn][P](=O)(O)c1ccccc1)c1ccccc1. The Bertz CT molecular complexity index is 588. The molecule has 2 aromatic carbocycles. The molecule has 0 aliphatic rings. The van der Waals surface area contributed by atoms with Crippen LogP contribution >= 0.6 is 11.4 Å². The third kappa shape index (κ3) is 3.72. The van der Waals surface area contributed by atoms with Gasteiger partial charge >= 0.3 is 118 Å². The van der Waals surface area contributed by atoms with Gasteiger partial charge in [0.2, 0.25) is 0 Å². The molecular weight excluding hydrogens is 335 g/mol. The van der Waals surface area contributed by atoms with Gasteiger partial charge in [-0.1, -0.05) is 0 Å². The molecule has 0 amide bonds. The van der Waals surface area contributed by atoms with Crippen molar-refractivity contribution in [2.45, 2.75) is 0 Å². The van der Waals surface area contributed by atoms with Crippen LogP contribution < -0.4 is 10.6 Å². The molecule has 0 radical (unpaired) electrons. The third-order valence-corrected chi connectivity index (χ3v) is 27.1. The van der Waals surface area contributed by atoms with E-state index in [0.717, 1.165) is 0 Å². The van der Waals surface area contributed by atoms with E-state index in [0.29, 0.717) is 0 Å². The molecule has 0 aromatic heterocycles. The molecule has 0 aliphatic heterocycles. The summed E-state index contributed by atoms with van der Waals surface area (Å²) in [6, 6.07) is 16.3. The Balaban J connectivity index is 2.31. The fourth-order valence-electron chi connectivity index (χ4n) is 1.74. The van der Waals surface area contributed by atoms with Crippen LogP contribution in [0.1, 0.15) is 0 Å². The summed E-state index contributed by atoms with van der Waals surface area (Å²) in [4.78, 5) is 20.2. The van der Waals surface area contributed by atoms with E-state index in [4.69, 9.17) is 0 Å². The van der Waals surface area contributed by atoms with Crippen LogP contribution in [0.5, 0.6) is 0 Å². The van der Waals surface area contributed by atoms with Crippen molar-refractivity contribution in [3.05, 3.63) is 60.7 Å². The zero-order chi connectivity index (χ0) is 13.9. The molecule has 7 heteroatoms. The number of hydrogen-bond acceptors (Lipinski definition) is 2. The van der Waals surface area contributed by atoms with Crippen LogP contribution in [0.15, 0.2) is 60.7 Å². The monoisotopic (exact) mass is 346 g/mol. The number of rotatable bonds is 4. The van der Waals surface area contributed by atoms with Crippen LogP contribution in [-0.4, -0.2) is 9.79 Å². The second-order valence-electron chi connectivity index (χ2n) is 4.22. The first kappa shape index (κ1) is 14.8. The molecule has 4 nitrogen and oxygen atoms in total. The normalized spacial score (nSPS) is 16.9. The predicted octanol–water partition coefficient (Wildman–Crippen LogP) is 2.09. The van der Waals surface area contributed by atoms with Gasteiger partial charge in [-0.15, -0.1) is 0 Å². The van der Waals surface area contributed by atoms with E-state index in [9.17, 15) is 18.9 Å². The fraction of sp³-hybridized carbons (Fsp3) is 0. The fourth-order valence-corrected chi connectivity index (χ4v) is 25.0. The van der Waals surface area contributed by atoms with E-state index in [1.165, 1.54) is 24.3 Å². The zero-order valence-electron chi connectivity index (χ0n) is 10.1. The molecule has 0 saturated carbocycles. The van der Waals surface area contributed by atoms with E-state index in [1.807, 2.05) is 0 Å². The van der Waals surface area contributed by atoms with E-state index in [2.05, 4.69) is 0 Å². The molecular formula is C12H12O4P2Zn. The molecule has 0 bridgehead atoms. The molecule has 0 spiro atoms. The minimum atomic E-state index is -3.66. The third-order valence-electron chi connectivity index (χ3n) is 2.70. The summed E-state index contributed by atoms with van der Waals surface area (Å²) < 4.78 is 24.6. The van der Waals surface area contributed by atoms with Crippen molar-refractivity contribution in [1.29, 1.82) is 0 Å². The molecule has 2 aromatic rings. The Hall–Kier alpha value is -0.557. The summed E-state index contributed by atoms with van der Waals surface area (Å²) in [6.07, 6.45) is 0. The Morgan fingerprint density at radius 3 is 1.32 bits per heavy atom. The minimum absolute atomic E-state index is 0.278. The Labute approximate surface area is 118 Å². The van der Waals surface area contributed by atoms with Crippen molar-refractivity contribution in [1.82, 2.24) is 0 Å². The molecule has 2 unspecified atom stereocenters. The van der Waals surface area contributed by atoms with Gasteiger partial charge in [-0.05, 0) is 0 Å². The topological polar surface area (TPSA) is 74.6 Å². The second kappa shape index (κ2) is 5.83. The summed E-state index contributed by atoms with van der Waals surface area (Å²) in [5.74, 6) is 0. The summed E-state index contributed by atoms with van der Waals surface area (Å²) >= 11 is -2.62. The summed E-state index contributed by atoms with van der Waals surface area (Å²) in [6.45, 7) is 0. The van der Waals surface area contributed by atoms with Crippen LogP contribution in [-0.2, 0) is 25.3 Å². The second-order valence-corrected chi connectivity index (χ2v) is 25.3. The first-order valence-corrected chi connectivity index (χ1v) is 17.3. The molecule has 2 rings (SSSR count). The molecule has 0 fully saturated rings. The molecule has 0 heterocycles. The van der Waals surface area contributed by atoms with Crippen LogP contribution in [0.25, 0.3) is 0 Å². The predicted molar refractivity (Wildman–Crippen MR) is 71.8 cm³/mol. The van der Waals surface area contributed by atoms with Crippen LogP contribution in [0.4, 0.5) is 0 Å². The molecule has 96 valence electrons. The Kier molecular flexibility index (Phi) is 4.55. The van der Waals surface area contributed by atoms with Crippen molar-refractivity contribution in [3.8, 4) is 0 Å². The molecule has 2 atom stereocenters. The van der Waals surface area contributed by atoms with Gasteiger partial charge in [-0.3, -0.25) is 0 Å². The van der Waals surface area contributed by atoms with E-state index >= 15 is 0 Å². The van der Waals surface area contributed by atoms with Gasteiger partial charge in [0.1, 0.15) is 0 Å². The molecule has 19 heavy (non-hydrogen) atoms. The average molecular weight is 348 g/mol. The van der Waals surface area contributed by atoms with E-state index in [-0.39, 0.29) is 10.6 Å². The van der Waals surface area contributed by atoms with E-state index in [1.54, 1.807) is 36.4 Å². The standard InChI is InChI=1S/2C6H5O2P.Zn/c2*7-9(8)6-4-2-1-3-5-6;/h2*1-5H;/q;;-2/p+2. The van der Waals surface area contributed by atoms with Crippen LogP contribution in [0, 0.1) is 0 Å². The van der Waals surface area contributed by atoms with Crippen molar-refractivity contribution >= 4 is 22.0 Å². The maximum absolute atomic E-state index is 12.3. The summed E-state index contributed by atoms with van der Waals surface area (Å²) in [5.41, 5.74) is -7.31. The Morgan fingerprint density at radius 1 is 0.684 bits per heavy atom. The first-order chi connectivity index (χ1) is 8.92. The van der Waals surface area contributed by atoms with Crippen molar-refractivity contribution in [3.63, 3.8) is 0 Å². The summed E-state index contributed by atoms with van der Waals surface area (Å²) in [5, 5.41) is 0.556. The van der Waals surface area contributed by atoms with Gasteiger partial charge in [-0.25, -0.2) is 0 Å². The molecule has 2 N–H and O–H groups in total. The van der Waals surface area contributed by atoms with Crippen molar-refractivity contribution < 1.29 is 35.1 Å². The molecule has 0 saturated heterocycles. The maximum atomic E-state index is 12.3. The Morgan fingerprint density at radius 2 is 1.00 bits per heavy atom. The molecule has 0 aliphatic carbocycles. The number of benzene rings is 2. The quantitative estimate of drug-likeness (QED) is 0.656. The van der Waals surface area contributed by atoms with Gasteiger partial charge in [-0.2, -0.15) is 0 Å². The van der Waals surface area contributed by atoms with E-state index < -0.39 is 27.6 Å². The first-order valence-electron chi connectivity index (χ1n) is 5.67. The zero-order valence-corrected chi connectivity index (χ0v) is 14.8.